The van der Waals surface area contributed by atoms with Crippen molar-refractivity contribution in [2.45, 2.75) is 0 Å². The first-order valence-electron chi connectivity index (χ1n) is 7.08. The van der Waals surface area contributed by atoms with Crippen LogP contribution in [0.5, 0.6) is 17.2 Å². The second-order valence-corrected chi connectivity index (χ2v) is 5.81. The molecule has 0 atom stereocenters. The summed E-state index contributed by atoms with van der Waals surface area (Å²) in [4.78, 5) is 4.28. The highest BCUT2D eigenvalue weighted by molar-refractivity contribution is 7.13. The number of nitrogens with one attached hydrogen (secondary N) is 1. The van der Waals surface area contributed by atoms with Gasteiger partial charge in [-0.2, -0.15) is 0 Å². The molecule has 1 aliphatic heterocycles. The Morgan fingerprint density at radius 2 is 2.17 bits per heavy atom. The summed E-state index contributed by atoms with van der Waals surface area (Å²) in [5.74, 6) is 2.27. The van der Waals surface area contributed by atoms with E-state index in [1.807, 2.05) is 41.8 Å². The highest BCUT2D eigenvalue weighted by atomic mass is 32.1. The van der Waals surface area contributed by atoms with Gasteiger partial charge in [0.05, 0.1) is 18.4 Å². The van der Waals surface area contributed by atoms with Crippen LogP contribution in [0.15, 0.2) is 48.0 Å². The van der Waals surface area contributed by atoms with E-state index in [1.54, 1.807) is 24.6 Å². The van der Waals surface area contributed by atoms with Crippen LogP contribution in [-0.4, -0.2) is 18.9 Å². The molecule has 0 spiro atoms. The van der Waals surface area contributed by atoms with Gasteiger partial charge in [0.2, 0.25) is 6.79 Å². The summed E-state index contributed by atoms with van der Waals surface area (Å²) in [6.07, 6.45) is 1.77. The van der Waals surface area contributed by atoms with Crippen molar-refractivity contribution in [1.29, 1.82) is 0 Å². The van der Waals surface area contributed by atoms with Crippen LogP contribution in [0.1, 0.15) is 0 Å². The molecule has 0 radical (unpaired) electrons. The van der Waals surface area contributed by atoms with Gasteiger partial charge in [0, 0.05) is 11.6 Å². The minimum Gasteiger partial charge on any atom is -0.497 e. The van der Waals surface area contributed by atoms with Crippen LogP contribution in [0.25, 0.3) is 11.1 Å². The highest BCUT2D eigenvalue weighted by Gasteiger charge is 2.22. The predicted molar refractivity (Wildman–Crippen MR) is 89.9 cm³/mol. The number of nitrogens with zero attached hydrogens (tertiary/aromatic N) is 1. The number of ether oxygens (including phenoxy) is 3. The smallest absolute Gasteiger partial charge is 0.231 e. The number of hydrogen-bond donors (Lipinski definition) is 1. The van der Waals surface area contributed by atoms with Crippen molar-refractivity contribution in [2.75, 3.05) is 19.2 Å². The largest absolute Gasteiger partial charge is 0.497 e. The van der Waals surface area contributed by atoms with E-state index in [0.717, 1.165) is 39.2 Å². The summed E-state index contributed by atoms with van der Waals surface area (Å²) in [7, 11) is 1.66. The highest BCUT2D eigenvalue weighted by Crippen LogP contribution is 2.47. The number of anilines is 2. The summed E-state index contributed by atoms with van der Waals surface area (Å²) in [6.45, 7) is 0.229. The Bertz CT molecular complexity index is 834. The van der Waals surface area contributed by atoms with Crippen molar-refractivity contribution < 1.29 is 14.2 Å². The summed E-state index contributed by atoms with van der Waals surface area (Å²) in [6, 6.07) is 11.7. The molecule has 0 bridgehead atoms. The first kappa shape index (κ1) is 13.9. The van der Waals surface area contributed by atoms with Gasteiger partial charge in [-0.3, -0.25) is 0 Å². The molecule has 5 nitrogen and oxygen atoms in total. The molecule has 116 valence electrons. The van der Waals surface area contributed by atoms with Gasteiger partial charge in [-0.1, -0.05) is 12.1 Å². The fourth-order valence-electron chi connectivity index (χ4n) is 2.54. The molecule has 4 rings (SSSR count). The van der Waals surface area contributed by atoms with Crippen molar-refractivity contribution in [2.24, 2.45) is 0 Å². The number of fused-ring (bicyclic) bond motifs is 1. The molecule has 1 aliphatic rings. The fourth-order valence-corrected chi connectivity index (χ4v) is 3.08. The molecule has 0 aliphatic carbocycles. The molecule has 1 N–H and O–H groups in total. The Kier molecular flexibility index (Phi) is 3.51. The topological polar surface area (TPSA) is 52.6 Å². The first-order chi connectivity index (χ1) is 11.3. The van der Waals surface area contributed by atoms with Gasteiger partial charge in [0.15, 0.2) is 16.6 Å². The van der Waals surface area contributed by atoms with E-state index < -0.39 is 0 Å². The number of thiazole rings is 1. The van der Waals surface area contributed by atoms with Crippen LogP contribution >= 0.6 is 11.3 Å². The van der Waals surface area contributed by atoms with Crippen LogP contribution in [0.3, 0.4) is 0 Å². The molecule has 0 unspecified atom stereocenters. The molecule has 0 saturated heterocycles. The fraction of sp³-hybridized carbons (Fsp3) is 0.118. The van der Waals surface area contributed by atoms with E-state index in [4.69, 9.17) is 14.2 Å². The molecule has 0 saturated carbocycles. The van der Waals surface area contributed by atoms with Crippen molar-refractivity contribution in [3.63, 3.8) is 0 Å². The van der Waals surface area contributed by atoms with Gasteiger partial charge in [-0.25, -0.2) is 4.98 Å². The normalized spacial score (nSPS) is 12.2. The Hall–Kier alpha value is -2.73. The quantitative estimate of drug-likeness (QED) is 0.775. The molecule has 0 fully saturated rings. The second-order valence-electron chi connectivity index (χ2n) is 4.92. The number of methoxy groups -OCH3 is 1. The molecular formula is C17H14N2O3S. The SMILES string of the molecule is COc1cccc(-c2c(Nc3nccs3)ccc3c2OCO3)c1. The van der Waals surface area contributed by atoms with Gasteiger partial charge in [-0.15, -0.1) is 11.3 Å². The summed E-state index contributed by atoms with van der Waals surface area (Å²) >= 11 is 1.54. The average Bonchev–Trinajstić information content (AvgIpc) is 3.26. The van der Waals surface area contributed by atoms with Gasteiger partial charge < -0.3 is 19.5 Å². The lowest BCUT2D eigenvalue weighted by Crippen LogP contribution is -1.96. The number of rotatable bonds is 4. The lowest BCUT2D eigenvalue weighted by Gasteiger charge is -2.14. The molecular weight excluding hydrogens is 312 g/mol. The van der Waals surface area contributed by atoms with Crippen LogP contribution in [0.2, 0.25) is 0 Å². The third kappa shape index (κ3) is 2.57. The zero-order valence-corrected chi connectivity index (χ0v) is 13.2. The zero-order valence-electron chi connectivity index (χ0n) is 12.4. The third-order valence-corrected chi connectivity index (χ3v) is 4.26. The van der Waals surface area contributed by atoms with E-state index in [-0.39, 0.29) is 6.79 Å². The lowest BCUT2D eigenvalue weighted by atomic mass is 10.0. The minimum absolute atomic E-state index is 0.229. The van der Waals surface area contributed by atoms with Crippen molar-refractivity contribution in [1.82, 2.24) is 4.98 Å². The summed E-state index contributed by atoms with van der Waals surface area (Å²) in [5, 5.41) is 6.11. The first-order valence-corrected chi connectivity index (χ1v) is 7.96. The molecule has 0 amide bonds. The van der Waals surface area contributed by atoms with Crippen molar-refractivity contribution >= 4 is 22.2 Å². The van der Waals surface area contributed by atoms with Crippen molar-refractivity contribution in [3.8, 4) is 28.4 Å². The maximum atomic E-state index is 5.70. The van der Waals surface area contributed by atoms with Gasteiger partial charge in [-0.05, 0) is 29.8 Å². The maximum absolute atomic E-state index is 5.70. The molecule has 3 aromatic rings. The summed E-state index contributed by atoms with van der Waals surface area (Å²) < 4.78 is 16.5. The molecule has 23 heavy (non-hydrogen) atoms. The van der Waals surface area contributed by atoms with E-state index in [9.17, 15) is 0 Å². The van der Waals surface area contributed by atoms with Crippen LogP contribution in [0, 0.1) is 0 Å². The molecule has 1 aromatic heterocycles. The number of benzene rings is 2. The standard InChI is InChI=1S/C17H14N2O3S/c1-20-12-4-2-3-11(9-12)15-13(19-17-18-7-8-23-17)5-6-14-16(15)22-10-21-14/h2-9H,10H2,1H3,(H,18,19). The van der Waals surface area contributed by atoms with Gasteiger partial charge >= 0.3 is 0 Å². The van der Waals surface area contributed by atoms with E-state index in [2.05, 4.69) is 10.3 Å². The van der Waals surface area contributed by atoms with Crippen LogP contribution in [-0.2, 0) is 0 Å². The molecule has 2 heterocycles. The predicted octanol–water partition coefficient (Wildman–Crippen LogP) is 4.29. The monoisotopic (exact) mass is 326 g/mol. The third-order valence-electron chi connectivity index (χ3n) is 3.57. The minimum atomic E-state index is 0.229. The molecule has 2 aromatic carbocycles. The van der Waals surface area contributed by atoms with Gasteiger partial charge in [0.25, 0.3) is 0 Å². The van der Waals surface area contributed by atoms with E-state index in [1.165, 1.54) is 0 Å². The number of aromatic nitrogens is 1. The Morgan fingerprint density at radius 1 is 1.22 bits per heavy atom. The van der Waals surface area contributed by atoms with Crippen LogP contribution in [0.4, 0.5) is 10.8 Å². The average molecular weight is 326 g/mol. The number of hydrogen-bond acceptors (Lipinski definition) is 6. The lowest BCUT2D eigenvalue weighted by molar-refractivity contribution is 0.174. The van der Waals surface area contributed by atoms with E-state index in [0.29, 0.717) is 0 Å². The maximum Gasteiger partial charge on any atom is 0.231 e. The Balaban J connectivity index is 1.86. The Labute approximate surface area is 137 Å². The van der Waals surface area contributed by atoms with Gasteiger partial charge in [0.1, 0.15) is 5.75 Å². The zero-order chi connectivity index (χ0) is 15.6. The second kappa shape index (κ2) is 5.81. The van der Waals surface area contributed by atoms with E-state index >= 15 is 0 Å². The molecule has 6 heteroatoms. The van der Waals surface area contributed by atoms with Crippen LogP contribution < -0.4 is 19.5 Å². The Morgan fingerprint density at radius 3 is 3.00 bits per heavy atom. The summed E-state index contributed by atoms with van der Waals surface area (Å²) in [5.41, 5.74) is 2.84. The van der Waals surface area contributed by atoms with Crippen molar-refractivity contribution in [3.05, 3.63) is 48.0 Å².